The van der Waals surface area contributed by atoms with Gasteiger partial charge in [0.2, 0.25) is 11.6 Å². The average molecular weight is 231 g/mol. The number of rotatable bonds is 4. The molecule has 0 spiro atoms. The van der Waals surface area contributed by atoms with Gasteiger partial charge in [0.25, 0.3) is 5.89 Å². The lowest BCUT2D eigenvalue weighted by atomic mass is 10.1. The largest absolute Gasteiger partial charge is 0.334 e. The minimum atomic E-state index is -0.573. The highest BCUT2D eigenvalue weighted by atomic mass is 16.5. The Bertz CT molecular complexity index is 507. The van der Waals surface area contributed by atoms with Crippen LogP contribution in [0.1, 0.15) is 24.0 Å². The molecule has 0 aliphatic rings. The molecule has 0 bridgehead atoms. The second kappa shape index (κ2) is 4.88. The van der Waals surface area contributed by atoms with Gasteiger partial charge in [-0.15, -0.1) is 0 Å². The number of nitrogens with two attached hydrogens (primary N) is 1. The Morgan fingerprint density at radius 3 is 2.76 bits per heavy atom. The maximum absolute atomic E-state index is 11.7. The van der Waals surface area contributed by atoms with Crippen LogP contribution in [0.15, 0.2) is 34.9 Å². The van der Waals surface area contributed by atoms with Crippen LogP contribution in [-0.4, -0.2) is 22.0 Å². The number of nitrogens with zero attached hydrogens (tertiary/aromatic N) is 2. The fourth-order valence-electron chi connectivity index (χ4n) is 1.37. The van der Waals surface area contributed by atoms with E-state index in [1.807, 2.05) is 37.3 Å². The van der Waals surface area contributed by atoms with Gasteiger partial charge in [0, 0.05) is 5.56 Å². The maximum Gasteiger partial charge on any atom is 0.258 e. The van der Waals surface area contributed by atoms with E-state index in [-0.39, 0.29) is 11.6 Å². The summed E-state index contributed by atoms with van der Waals surface area (Å²) in [5.74, 6) is 0.0777. The first-order valence-corrected chi connectivity index (χ1v) is 5.41. The van der Waals surface area contributed by atoms with Gasteiger partial charge < -0.3 is 10.3 Å². The number of carbonyl (C=O) groups is 1. The number of aromatic nitrogens is 2. The Hall–Kier alpha value is -2.01. The maximum atomic E-state index is 11.7. The molecule has 5 nitrogen and oxygen atoms in total. The summed E-state index contributed by atoms with van der Waals surface area (Å²) in [6.45, 7) is 1.83. The Balaban J connectivity index is 2.25. The number of ketones is 1. The molecule has 1 unspecified atom stereocenters. The number of carbonyl (C=O) groups excluding carboxylic acids is 1. The molecule has 1 aromatic carbocycles. The van der Waals surface area contributed by atoms with E-state index in [0.29, 0.717) is 12.3 Å². The minimum Gasteiger partial charge on any atom is -0.334 e. The average Bonchev–Trinajstić information content (AvgIpc) is 2.87. The molecular formula is C12H13N3O2. The second-order valence-electron chi connectivity index (χ2n) is 3.67. The third-order valence-electron chi connectivity index (χ3n) is 2.44. The Morgan fingerprint density at radius 2 is 2.12 bits per heavy atom. The molecule has 2 aromatic rings. The van der Waals surface area contributed by atoms with Gasteiger partial charge in [-0.05, 0) is 18.6 Å². The molecule has 17 heavy (non-hydrogen) atoms. The summed E-state index contributed by atoms with van der Waals surface area (Å²) in [6, 6.07) is 8.70. The first kappa shape index (κ1) is 11.5. The zero-order valence-electron chi connectivity index (χ0n) is 9.46. The van der Waals surface area contributed by atoms with Crippen molar-refractivity contribution in [3.05, 3.63) is 36.2 Å². The first-order chi connectivity index (χ1) is 8.22. The van der Waals surface area contributed by atoms with Gasteiger partial charge in [0.05, 0.1) is 6.04 Å². The van der Waals surface area contributed by atoms with E-state index < -0.39 is 6.04 Å². The van der Waals surface area contributed by atoms with Gasteiger partial charge in [0.1, 0.15) is 0 Å². The van der Waals surface area contributed by atoms with Gasteiger partial charge in [-0.2, -0.15) is 4.98 Å². The molecular weight excluding hydrogens is 218 g/mol. The number of hydrogen-bond donors (Lipinski definition) is 1. The standard InChI is InChI=1S/C12H13N3O2/c1-2-9(13)10(16)11-14-12(17-15-11)8-6-4-3-5-7-8/h3-7,9H,2,13H2,1H3. The SMILES string of the molecule is CCC(N)C(=O)c1noc(-c2ccccc2)n1. The van der Waals surface area contributed by atoms with Crippen LogP contribution in [0.2, 0.25) is 0 Å². The molecule has 0 aliphatic carbocycles. The lowest BCUT2D eigenvalue weighted by Gasteiger charge is -2.01. The molecule has 0 amide bonds. The highest BCUT2D eigenvalue weighted by molar-refractivity contribution is 5.96. The van der Waals surface area contributed by atoms with E-state index in [1.165, 1.54) is 0 Å². The summed E-state index contributed by atoms with van der Waals surface area (Å²) in [6.07, 6.45) is 0.550. The summed E-state index contributed by atoms with van der Waals surface area (Å²) in [7, 11) is 0. The van der Waals surface area contributed by atoms with Crippen LogP contribution in [0.5, 0.6) is 0 Å². The molecule has 88 valence electrons. The third-order valence-corrected chi connectivity index (χ3v) is 2.44. The summed E-state index contributed by atoms with van der Waals surface area (Å²) < 4.78 is 5.03. The van der Waals surface area contributed by atoms with Crippen LogP contribution in [0.4, 0.5) is 0 Å². The number of Topliss-reactive ketones (excluding diaryl/α,β-unsaturated/α-hetero) is 1. The molecule has 2 rings (SSSR count). The van der Waals surface area contributed by atoms with Crippen LogP contribution >= 0.6 is 0 Å². The fraction of sp³-hybridized carbons (Fsp3) is 0.250. The van der Waals surface area contributed by atoms with E-state index in [1.54, 1.807) is 0 Å². The van der Waals surface area contributed by atoms with Crippen molar-refractivity contribution in [1.29, 1.82) is 0 Å². The van der Waals surface area contributed by atoms with Crippen molar-refractivity contribution in [3.8, 4) is 11.5 Å². The Kier molecular flexibility index (Phi) is 3.30. The predicted octanol–water partition coefficient (Wildman–Crippen LogP) is 1.66. The van der Waals surface area contributed by atoms with E-state index in [0.717, 1.165) is 5.56 Å². The van der Waals surface area contributed by atoms with E-state index >= 15 is 0 Å². The van der Waals surface area contributed by atoms with Gasteiger partial charge in [-0.3, -0.25) is 4.79 Å². The van der Waals surface area contributed by atoms with E-state index in [4.69, 9.17) is 10.3 Å². The minimum absolute atomic E-state index is 0.0400. The van der Waals surface area contributed by atoms with Crippen molar-refractivity contribution >= 4 is 5.78 Å². The van der Waals surface area contributed by atoms with Gasteiger partial charge >= 0.3 is 0 Å². The van der Waals surface area contributed by atoms with Crippen LogP contribution in [0.3, 0.4) is 0 Å². The molecule has 0 radical (unpaired) electrons. The molecule has 1 heterocycles. The Morgan fingerprint density at radius 1 is 1.41 bits per heavy atom. The number of hydrogen-bond acceptors (Lipinski definition) is 5. The zero-order valence-corrected chi connectivity index (χ0v) is 9.46. The van der Waals surface area contributed by atoms with Crippen LogP contribution in [0, 0.1) is 0 Å². The molecule has 0 saturated carbocycles. The highest BCUT2D eigenvalue weighted by Crippen LogP contribution is 2.16. The van der Waals surface area contributed by atoms with Crippen molar-refractivity contribution in [2.75, 3.05) is 0 Å². The van der Waals surface area contributed by atoms with Crippen molar-refractivity contribution in [1.82, 2.24) is 10.1 Å². The van der Waals surface area contributed by atoms with Crippen molar-refractivity contribution in [2.45, 2.75) is 19.4 Å². The van der Waals surface area contributed by atoms with Gasteiger partial charge in [0.15, 0.2) is 0 Å². The Labute approximate surface area is 98.6 Å². The third kappa shape index (κ3) is 2.39. The molecule has 0 fully saturated rings. The summed E-state index contributed by atoms with van der Waals surface area (Å²) in [4.78, 5) is 15.8. The van der Waals surface area contributed by atoms with Gasteiger partial charge in [-0.1, -0.05) is 30.3 Å². The lowest BCUT2D eigenvalue weighted by Crippen LogP contribution is -2.30. The van der Waals surface area contributed by atoms with Crippen molar-refractivity contribution in [3.63, 3.8) is 0 Å². The molecule has 0 aliphatic heterocycles. The smallest absolute Gasteiger partial charge is 0.258 e. The van der Waals surface area contributed by atoms with Crippen LogP contribution in [0.25, 0.3) is 11.5 Å². The van der Waals surface area contributed by atoms with Crippen molar-refractivity contribution in [2.24, 2.45) is 5.73 Å². The quantitative estimate of drug-likeness (QED) is 0.809. The molecule has 1 aromatic heterocycles. The summed E-state index contributed by atoms with van der Waals surface area (Å²) >= 11 is 0. The summed E-state index contributed by atoms with van der Waals surface area (Å²) in [5, 5.41) is 3.65. The molecule has 2 N–H and O–H groups in total. The fourth-order valence-corrected chi connectivity index (χ4v) is 1.37. The van der Waals surface area contributed by atoms with Gasteiger partial charge in [-0.25, -0.2) is 0 Å². The zero-order chi connectivity index (χ0) is 12.3. The second-order valence-corrected chi connectivity index (χ2v) is 3.67. The summed E-state index contributed by atoms with van der Waals surface area (Å²) in [5.41, 5.74) is 6.41. The molecule has 0 saturated heterocycles. The molecule has 1 atom stereocenters. The monoisotopic (exact) mass is 231 g/mol. The van der Waals surface area contributed by atoms with Crippen LogP contribution in [-0.2, 0) is 0 Å². The van der Waals surface area contributed by atoms with Crippen molar-refractivity contribution < 1.29 is 9.32 Å². The van der Waals surface area contributed by atoms with E-state index in [9.17, 15) is 4.79 Å². The topological polar surface area (TPSA) is 82.0 Å². The first-order valence-electron chi connectivity index (χ1n) is 5.41. The predicted molar refractivity (Wildman–Crippen MR) is 62.3 cm³/mol. The highest BCUT2D eigenvalue weighted by Gasteiger charge is 2.20. The number of benzene rings is 1. The van der Waals surface area contributed by atoms with Crippen LogP contribution < -0.4 is 5.73 Å². The molecule has 5 heteroatoms. The lowest BCUT2D eigenvalue weighted by molar-refractivity contribution is 0.0946. The van der Waals surface area contributed by atoms with E-state index in [2.05, 4.69) is 10.1 Å². The normalized spacial score (nSPS) is 12.4.